The number of hydrogen-bond donors (Lipinski definition) is 1. The molecular weight excluding hydrogens is 374 g/mol. The summed E-state index contributed by atoms with van der Waals surface area (Å²) >= 11 is 0. The molecule has 146 valence electrons. The normalized spacial score (nSPS) is 12.1. The van der Waals surface area contributed by atoms with Crippen LogP contribution in [0.1, 0.15) is 44.9 Å². The lowest BCUT2D eigenvalue weighted by atomic mass is 10.1. The van der Waals surface area contributed by atoms with Gasteiger partial charge in [-0.1, -0.05) is 12.1 Å². The average molecular weight is 398 g/mol. The zero-order valence-electron chi connectivity index (χ0n) is 16.6. The Bertz CT molecular complexity index is 1170. The van der Waals surface area contributed by atoms with E-state index in [4.69, 9.17) is 0 Å². The van der Waals surface area contributed by atoms with Crippen LogP contribution in [0.2, 0.25) is 0 Å². The van der Waals surface area contributed by atoms with Crippen LogP contribution in [-0.4, -0.2) is 29.0 Å². The van der Waals surface area contributed by atoms with Gasteiger partial charge in [0.1, 0.15) is 16.7 Å². The number of fused-ring (bicyclic) bond motifs is 1. The fourth-order valence-electron chi connectivity index (χ4n) is 3.25. The van der Waals surface area contributed by atoms with Crippen molar-refractivity contribution in [3.8, 4) is 17.6 Å². The molecular formula is C20H23N5O2S. The number of aromatic nitrogens is 3. The van der Waals surface area contributed by atoms with Gasteiger partial charge in [0.15, 0.2) is 5.82 Å². The zero-order chi connectivity index (χ0) is 20.6. The molecule has 0 radical (unpaired) electrons. The van der Waals surface area contributed by atoms with Crippen LogP contribution < -0.4 is 4.72 Å². The third-order valence-electron chi connectivity index (χ3n) is 4.33. The molecule has 28 heavy (non-hydrogen) atoms. The summed E-state index contributed by atoms with van der Waals surface area (Å²) in [4.78, 5) is 8.57. The maximum Gasteiger partial charge on any atom is 0.243 e. The fourth-order valence-corrected chi connectivity index (χ4v) is 4.39. The van der Waals surface area contributed by atoms with Crippen molar-refractivity contribution in [2.24, 2.45) is 0 Å². The number of sulfonamides is 1. The third kappa shape index (κ3) is 3.51. The van der Waals surface area contributed by atoms with Gasteiger partial charge in [-0.2, -0.15) is 5.26 Å². The summed E-state index contributed by atoms with van der Waals surface area (Å²) < 4.78 is 29.2. The van der Waals surface area contributed by atoms with Crippen LogP contribution in [0, 0.1) is 18.3 Å². The lowest BCUT2D eigenvalue weighted by molar-refractivity contribution is 0.569. The first kappa shape index (κ1) is 20.0. The Morgan fingerprint density at radius 3 is 2.32 bits per heavy atom. The number of nitriles is 1. The van der Waals surface area contributed by atoms with E-state index in [9.17, 15) is 13.7 Å². The van der Waals surface area contributed by atoms with Gasteiger partial charge in [-0.3, -0.25) is 0 Å². The summed E-state index contributed by atoms with van der Waals surface area (Å²) in [5, 5.41) is 10.6. The number of nitrogens with zero attached hydrogens (tertiary/aromatic N) is 4. The molecule has 2 aromatic heterocycles. The molecule has 7 nitrogen and oxygen atoms in total. The summed E-state index contributed by atoms with van der Waals surface area (Å²) in [6, 6.07) is 8.03. The standard InChI is InChI=1S/C20H23N5O2S/c1-12(2)24-28(26,27)15-10-22-20(23-11-15)19-17(9-21)16-7-6-14(5)8-18(16)25(19)13(3)4/h6-8,10-13,24H,1-5H3. The lowest BCUT2D eigenvalue weighted by Gasteiger charge is -2.14. The van der Waals surface area contributed by atoms with Crippen molar-refractivity contribution in [2.75, 3.05) is 0 Å². The topological polar surface area (TPSA) is 101 Å². The van der Waals surface area contributed by atoms with E-state index in [1.165, 1.54) is 12.4 Å². The number of rotatable bonds is 5. The second kappa shape index (κ2) is 7.34. The Hall–Kier alpha value is -2.76. The van der Waals surface area contributed by atoms with Crippen molar-refractivity contribution < 1.29 is 8.42 Å². The van der Waals surface area contributed by atoms with E-state index in [2.05, 4.69) is 20.8 Å². The minimum atomic E-state index is -3.68. The number of aryl methyl sites for hydroxylation is 1. The van der Waals surface area contributed by atoms with Gasteiger partial charge in [0.25, 0.3) is 0 Å². The van der Waals surface area contributed by atoms with Crippen molar-refractivity contribution in [1.29, 1.82) is 5.26 Å². The Morgan fingerprint density at radius 2 is 1.79 bits per heavy atom. The first-order valence-corrected chi connectivity index (χ1v) is 10.5. The molecule has 0 spiro atoms. The molecule has 0 unspecified atom stereocenters. The summed E-state index contributed by atoms with van der Waals surface area (Å²) in [5.74, 6) is 0.322. The van der Waals surface area contributed by atoms with Crippen molar-refractivity contribution in [1.82, 2.24) is 19.3 Å². The lowest BCUT2D eigenvalue weighted by Crippen LogP contribution is -2.30. The molecule has 8 heteroatoms. The number of hydrogen-bond acceptors (Lipinski definition) is 5. The monoisotopic (exact) mass is 397 g/mol. The summed E-state index contributed by atoms with van der Waals surface area (Å²) in [5.41, 5.74) is 3.10. The fraction of sp³-hybridized carbons (Fsp3) is 0.350. The second-order valence-corrected chi connectivity index (χ2v) is 9.05. The van der Waals surface area contributed by atoms with Crippen LogP contribution in [0.5, 0.6) is 0 Å². The third-order valence-corrected chi connectivity index (χ3v) is 5.94. The van der Waals surface area contributed by atoms with E-state index in [-0.39, 0.29) is 17.0 Å². The van der Waals surface area contributed by atoms with Crippen molar-refractivity contribution >= 4 is 20.9 Å². The molecule has 3 rings (SSSR count). The molecule has 1 aromatic carbocycles. The highest BCUT2D eigenvalue weighted by Crippen LogP contribution is 2.35. The quantitative estimate of drug-likeness (QED) is 0.709. The highest BCUT2D eigenvalue weighted by atomic mass is 32.2. The molecule has 2 heterocycles. The van der Waals surface area contributed by atoms with Crippen LogP contribution in [0.3, 0.4) is 0 Å². The number of nitrogens with one attached hydrogen (secondary N) is 1. The van der Waals surface area contributed by atoms with E-state index in [1.54, 1.807) is 13.8 Å². The van der Waals surface area contributed by atoms with E-state index in [1.807, 2.05) is 43.5 Å². The minimum absolute atomic E-state index is 0.00786. The smallest absolute Gasteiger partial charge is 0.243 e. The van der Waals surface area contributed by atoms with Crippen molar-refractivity contribution in [3.63, 3.8) is 0 Å². The van der Waals surface area contributed by atoms with Gasteiger partial charge in [-0.05, 0) is 46.2 Å². The Labute approximate surface area is 165 Å². The molecule has 0 aliphatic rings. The van der Waals surface area contributed by atoms with Gasteiger partial charge in [-0.15, -0.1) is 0 Å². The van der Waals surface area contributed by atoms with Crippen LogP contribution in [0.4, 0.5) is 0 Å². The Balaban J connectivity index is 2.22. The van der Waals surface area contributed by atoms with E-state index < -0.39 is 10.0 Å². The van der Waals surface area contributed by atoms with Gasteiger partial charge in [-0.25, -0.2) is 23.1 Å². The summed E-state index contributed by atoms with van der Waals surface area (Å²) in [6.07, 6.45) is 2.56. The molecule has 0 bridgehead atoms. The van der Waals surface area contributed by atoms with Crippen molar-refractivity contribution in [2.45, 2.75) is 51.6 Å². The first-order chi connectivity index (χ1) is 13.2. The van der Waals surface area contributed by atoms with Gasteiger partial charge in [0.05, 0.1) is 23.5 Å². The molecule has 0 saturated heterocycles. The van der Waals surface area contributed by atoms with Gasteiger partial charge < -0.3 is 4.57 Å². The maximum absolute atomic E-state index is 12.3. The molecule has 0 amide bonds. The second-order valence-electron chi connectivity index (χ2n) is 7.34. The van der Waals surface area contributed by atoms with Crippen LogP contribution in [0.15, 0.2) is 35.5 Å². The minimum Gasteiger partial charge on any atom is -0.334 e. The molecule has 0 fully saturated rings. The molecule has 0 atom stereocenters. The van der Waals surface area contributed by atoms with Crippen LogP contribution in [0.25, 0.3) is 22.4 Å². The first-order valence-electron chi connectivity index (χ1n) is 9.05. The highest BCUT2D eigenvalue weighted by molar-refractivity contribution is 7.89. The molecule has 1 N–H and O–H groups in total. The maximum atomic E-state index is 12.3. The predicted octanol–water partition coefficient (Wildman–Crippen LogP) is 3.55. The summed E-state index contributed by atoms with van der Waals surface area (Å²) in [6.45, 7) is 9.54. The van der Waals surface area contributed by atoms with Gasteiger partial charge >= 0.3 is 0 Å². The molecule has 3 aromatic rings. The van der Waals surface area contributed by atoms with Crippen LogP contribution in [-0.2, 0) is 10.0 Å². The SMILES string of the molecule is Cc1ccc2c(C#N)c(-c3ncc(S(=O)(=O)NC(C)C)cn3)n(C(C)C)c2c1. The molecule has 0 aliphatic carbocycles. The zero-order valence-corrected chi connectivity index (χ0v) is 17.4. The average Bonchev–Trinajstić information content (AvgIpc) is 2.94. The summed E-state index contributed by atoms with van der Waals surface area (Å²) in [7, 11) is -3.68. The van der Waals surface area contributed by atoms with Crippen molar-refractivity contribution in [3.05, 3.63) is 41.7 Å². The highest BCUT2D eigenvalue weighted by Gasteiger charge is 2.23. The Kier molecular flexibility index (Phi) is 5.24. The Morgan fingerprint density at radius 1 is 1.14 bits per heavy atom. The predicted molar refractivity (Wildman–Crippen MR) is 108 cm³/mol. The van der Waals surface area contributed by atoms with Crippen LogP contribution >= 0.6 is 0 Å². The number of benzene rings is 1. The van der Waals surface area contributed by atoms with E-state index in [0.29, 0.717) is 17.1 Å². The van der Waals surface area contributed by atoms with Gasteiger partial charge in [0.2, 0.25) is 10.0 Å². The van der Waals surface area contributed by atoms with E-state index >= 15 is 0 Å². The molecule has 0 aliphatic heterocycles. The molecule has 0 saturated carbocycles. The largest absolute Gasteiger partial charge is 0.334 e. The van der Waals surface area contributed by atoms with Gasteiger partial charge in [0, 0.05) is 17.5 Å². The van der Waals surface area contributed by atoms with E-state index in [0.717, 1.165) is 16.5 Å².